The molecule has 68 valence electrons. The van der Waals surface area contributed by atoms with Gasteiger partial charge in [0.1, 0.15) is 6.26 Å². The monoisotopic (exact) mass is 179 g/mol. The molecule has 4 nitrogen and oxygen atoms in total. The Morgan fingerprint density at radius 2 is 2.38 bits per heavy atom. The molecular weight excluding hydrogens is 170 g/mol. The fourth-order valence-corrected chi connectivity index (χ4v) is 0.919. The van der Waals surface area contributed by atoms with Crippen molar-refractivity contribution in [3.05, 3.63) is 28.3 Å². The molecule has 0 saturated carbocycles. The Morgan fingerprint density at radius 3 is 3.00 bits per heavy atom. The lowest BCUT2D eigenvalue weighted by molar-refractivity contribution is 0.422. The van der Waals surface area contributed by atoms with E-state index in [1.807, 2.05) is 0 Å². The largest absolute Gasteiger partial charge is 0.502 e. The van der Waals surface area contributed by atoms with Crippen LogP contribution in [0.3, 0.4) is 0 Å². The van der Waals surface area contributed by atoms with Gasteiger partial charge in [-0.25, -0.2) is 0 Å². The molecule has 13 heavy (non-hydrogen) atoms. The Morgan fingerprint density at radius 1 is 1.69 bits per heavy atom. The van der Waals surface area contributed by atoms with Crippen molar-refractivity contribution in [2.75, 3.05) is 0 Å². The Bertz CT molecular complexity index is 389. The van der Waals surface area contributed by atoms with E-state index in [0.717, 1.165) is 6.26 Å². The van der Waals surface area contributed by atoms with Crippen molar-refractivity contribution >= 4 is 0 Å². The summed E-state index contributed by atoms with van der Waals surface area (Å²) in [6.07, 6.45) is 7.41. The van der Waals surface area contributed by atoms with Crippen molar-refractivity contribution in [3.63, 3.8) is 0 Å². The van der Waals surface area contributed by atoms with Gasteiger partial charge in [0.2, 0.25) is 5.43 Å². The van der Waals surface area contributed by atoms with Crippen LogP contribution in [0.15, 0.2) is 21.7 Å². The highest BCUT2D eigenvalue weighted by atomic mass is 16.3. The highest BCUT2D eigenvalue weighted by Crippen LogP contribution is 2.11. The van der Waals surface area contributed by atoms with Gasteiger partial charge < -0.3 is 15.3 Å². The summed E-state index contributed by atoms with van der Waals surface area (Å²) in [4.78, 5) is 11.2. The topological polar surface area (TPSA) is 76.5 Å². The van der Waals surface area contributed by atoms with Crippen LogP contribution in [0.1, 0.15) is 18.0 Å². The summed E-state index contributed by atoms with van der Waals surface area (Å²) in [5, 5.41) is 9.00. The SMILES string of the molecule is C#CC[C@@H](N)c1cocc(O)c1=O. The predicted octanol–water partition coefficient (Wildman–Crippen LogP) is 0.368. The van der Waals surface area contributed by atoms with Gasteiger partial charge in [-0.1, -0.05) is 0 Å². The maximum absolute atomic E-state index is 11.2. The minimum Gasteiger partial charge on any atom is -0.502 e. The second-order valence-corrected chi connectivity index (χ2v) is 2.56. The number of rotatable bonds is 2. The number of hydrogen-bond acceptors (Lipinski definition) is 4. The molecule has 1 atom stereocenters. The second kappa shape index (κ2) is 3.78. The van der Waals surface area contributed by atoms with Crippen molar-refractivity contribution in [3.8, 4) is 18.1 Å². The smallest absolute Gasteiger partial charge is 0.231 e. The minimum atomic E-state index is -0.589. The summed E-state index contributed by atoms with van der Waals surface area (Å²) in [6, 6.07) is -0.589. The molecule has 1 aromatic rings. The number of hydrogen-bond donors (Lipinski definition) is 2. The molecule has 1 aromatic heterocycles. The van der Waals surface area contributed by atoms with Gasteiger partial charge in [0.15, 0.2) is 5.75 Å². The molecule has 0 saturated heterocycles. The van der Waals surface area contributed by atoms with Crippen LogP contribution in [-0.2, 0) is 0 Å². The van der Waals surface area contributed by atoms with Crippen LogP contribution < -0.4 is 11.2 Å². The first-order valence-corrected chi connectivity index (χ1v) is 3.65. The lowest BCUT2D eigenvalue weighted by atomic mass is 10.1. The summed E-state index contributed by atoms with van der Waals surface area (Å²) < 4.78 is 4.69. The van der Waals surface area contributed by atoms with E-state index in [2.05, 4.69) is 10.3 Å². The van der Waals surface area contributed by atoms with Crippen LogP contribution in [0.2, 0.25) is 0 Å². The Balaban J connectivity index is 3.10. The first-order valence-electron chi connectivity index (χ1n) is 3.65. The molecule has 0 spiro atoms. The van der Waals surface area contributed by atoms with Gasteiger partial charge in [0.25, 0.3) is 0 Å². The number of aromatic hydroxyl groups is 1. The zero-order chi connectivity index (χ0) is 9.84. The Hall–Kier alpha value is -1.73. The van der Waals surface area contributed by atoms with E-state index in [-0.39, 0.29) is 12.0 Å². The molecule has 0 radical (unpaired) electrons. The fraction of sp³-hybridized carbons (Fsp3) is 0.222. The van der Waals surface area contributed by atoms with Gasteiger partial charge in [-0.2, -0.15) is 0 Å². The summed E-state index contributed by atoms with van der Waals surface area (Å²) in [7, 11) is 0. The quantitative estimate of drug-likeness (QED) is 0.643. The lowest BCUT2D eigenvalue weighted by Crippen LogP contribution is -2.18. The molecule has 0 aliphatic rings. The molecular formula is C9H9NO3. The molecule has 0 aliphatic heterocycles. The zero-order valence-electron chi connectivity index (χ0n) is 6.86. The van der Waals surface area contributed by atoms with Crippen molar-refractivity contribution in [1.29, 1.82) is 0 Å². The highest BCUT2D eigenvalue weighted by Gasteiger charge is 2.12. The van der Waals surface area contributed by atoms with Crippen molar-refractivity contribution < 1.29 is 9.52 Å². The van der Waals surface area contributed by atoms with Crippen LogP contribution in [0.5, 0.6) is 5.75 Å². The van der Waals surface area contributed by atoms with Crippen molar-refractivity contribution in [2.24, 2.45) is 5.73 Å². The van der Waals surface area contributed by atoms with Gasteiger partial charge in [0.05, 0.1) is 11.8 Å². The summed E-state index contributed by atoms with van der Waals surface area (Å²) >= 11 is 0. The van der Waals surface area contributed by atoms with Crippen LogP contribution >= 0.6 is 0 Å². The van der Waals surface area contributed by atoms with Gasteiger partial charge in [-0.15, -0.1) is 12.3 Å². The summed E-state index contributed by atoms with van der Waals surface area (Å²) in [5.41, 5.74) is 5.22. The van der Waals surface area contributed by atoms with Crippen molar-refractivity contribution in [1.82, 2.24) is 0 Å². The number of terminal acetylenes is 1. The second-order valence-electron chi connectivity index (χ2n) is 2.56. The van der Waals surface area contributed by atoms with E-state index < -0.39 is 17.2 Å². The first-order chi connectivity index (χ1) is 6.16. The third-order valence-corrected chi connectivity index (χ3v) is 1.61. The van der Waals surface area contributed by atoms with Crippen LogP contribution in [-0.4, -0.2) is 5.11 Å². The highest BCUT2D eigenvalue weighted by molar-refractivity contribution is 5.23. The van der Waals surface area contributed by atoms with Crippen molar-refractivity contribution in [2.45, 2.75) is 12.5 Å². The van der Waals surface area contributed by atoms with E-state index in [9.17, 15) is 4.79 Å². The first kappa shape index (κ1) is 9.36. The molecule has 0 amide bonds. The average Bonchev–Trinajstić information content (AvgIpc) is 2.10. The van der Waals surface area contributed by atoms with E-state index in [4.69, 9.17) is 17.3 Å². The molecule has 1 rings (SSSR count). The Kier molecular flexibility index (Phi) is 2.72. The molecule has 1 heterocycles. The van der Waals surface area contributed by atoms with Crippen LogP contribution in [0.25, 0.3) is 0 Å². The zero-order valence-corrected chi connectivity index (χ0v) is 6.86. The third-order valence-electron chi connectivity index (χ3n) is 1.61. The molecule has 3 N–H and O–H groups in total. The molecule has 0 aliphatic carbocycles. The average molecular weight is 179 g/mol. The molecule has 0 unspecified atom stereocenters. The molecule has 0 aromatic carbocycles. The third kappa shape index (κ3) is 1.89. The molecule has 4 heteroatoms. The summed E-state index contributed by atoms with van der Waals surface area (Å²) in [5.74, 6) is 1.87. The normalized spacial score (nSPS) is 12.0. The van der Waals surface area contributed by atoms with Gasteiger partial charge in [0, 0.05) is 12.5 Å². The Labute approximate surface area is 75.0 Å². The molecule has 0 bridgehead atoms. The van der Waals surface area contributed by atoms with E-state index >= 15 is 0 Å². The minimum absolute atomic E-state index is 0.193. The van der Waals surface area contributed by atoms with Crippen LogP contribution in [0, 0.1) is 12.3 Å². The van der Waals surface area contributed by atoms with E-state index in [0.29, 0.717) is 0 Å². The lowest BCUT2D eigenvalue weighted by Gasteiger charge is -2.05. The maximum Gasteiger partial charge on any atom is 0.231 e. The molecule has 0 fully saturated rings. The predicted molar refractivity (Wildman–Crippen MR) is 47.0 cm³/mol. The number of nitrogens with two attached hydrogens (primary N) is 1. The standard InChI is InChI=1S/C9H9NO3/c1-2-3-7(10)6-4-13-5-8(11)9(6)12/h1,4-5,7,11H,3,10H2/t7-/m1/s1. The van der Waals surface area contributed by atoms with Gasteiger partial charge in [-0.3, -0.25) is 4.79 Å². The maximum atomic E-state index is 11.2. The van der Waals surface area contributed by atoms with E-state index in [1.165, 1.54) is 6.26 Å². The van der Waals surface area contributed by atoms with E-state index in [1.54, 1.807) is 0 Å². The fourth-order valence-electron chi connectivity index (χ4n) is 0.919. The van der Waals surface area contributed by atoms with Gasteiger partial charge >= 0.3 is 0 Å². The van der Waals surface area contributed by atoms with Crippen LogP contribution in [0.4, 0.5) is 0 Å². The summed E-state index contributed by atoms with van der Waals surface area (Å²) in [6.45, 7) is 0. The van der Waals surface area contributed by atoms with Gasteiger partial charge in [-0.05, 0) is 0 Å².